The Bertz CT molecular complexity index is 1210. The van der Waals surface area contributed by atoms with Gasteiger partial charge in [-0.25, -0.2) is 0 Å². The molecule has 0 radical (unpaired) electrons. The van der Waals surface area contributed by atoms with Crippen molar-refractivity contribution in [2.75, 3.05) is 11.5 Å². The fraction of sp³-hybridized carbons (Fsp3) is 0.217. The fourth-order valence-electron chi connectivity index (χ4n) is 3.53. The number of nitrogens with zero attached hydrogens (tertiary/aromatic N) is 5. The first-order valence-electron chi connectivity index (χ1n) is 10.0. The van der Waals surface area contributed by atoms with Crippen molar-refractivity contribution in [3.63, 3.8) is 0 Å². The predicted octanol–water partition coefficient (Wildman–Crippen LogP) is 3.22. The minimum atomic E-state index is -0.286. The molecule has 0 atom stereocenters. The molecule has 0 saturated heterocycles. The third-order valence-corrected chi connectivity index (χ3v) is 4.97. The number of amides is 1. The number of ether oxygens (including phenoxy) is 1. The number of aryl methyl sites for hydroxylation is 1. The van der Waals surface area contributed by atoms with Crippen LogP contribution in [0.5, 0.6) is 0 Å². The van der Waals surface area contributed by atoms with E-state index in [1.165, 1.54) is 4.90 Å². The third-order valence-electron chi connectivity index (χ3n) is 4.97. The van der Waals surface area contributed by atoms with E-state index >= 15 is 0 Å². The number of aromatic nitrogens is 4. The van der Waals surface area contributed by atoms with Crippen LogP contribution in [-0.4, -0.2) is 38.5 Å². The van der Waals surface area contributed by atoms with E-state index < -0.39 is 0 Å². The van der Waals surface area contributed by atoms with Crippen LogP contribution in [0.2, 0.25) is 0 Å². The van der Waals surface area contributed by atoms with Crippen LogP contribution in [-0.2, 0) is 34.3 Å². The van der Waals surface area contributed by atoms with Crippen LogP contribution < -0.4 is 4.90 Å². The topological polar surface area (TPSA) is 82.2 Å². The summed E-state index contributed by atoms with van der Waals surface area (Å²) in [6, 6.07) is 15.5. The van der Waals surface area contributed by atoms with Crippen molar-refractivity contribution in [1.29, 1.82) is 0 Å². The first-order chi connectivity index (χ1) is 15.1. The summed E-state index contributed by atoms with van der Waals surface area (Å²) in [6.45, 7) is 2.68. The van der Waals surface area contributed by atoms with Gasteiger partial charge in [-0.05, 0) is 30.7 Å². The summed E-state index contributed by atoms with van der Waals surface area (Å²) < 4.78 is 8.62. The number of carbonyl (C=O) groups excluding carboxylic acids is 2. The molecule has 1 amide bonds. The molecule has 0 spiro atoms. The molecule has 158 valence electrons. The summed E-state index contributed by atoms with van der Waals surface area (Å²) in [5.41, 5.74) is 4.13. The molecule has 8 heteroatoms. The van der Waals surface area contributed by atoms with E-state index in [1.807, 2.05) is 53.2 Å². The molecule has 2 heterocycles. The number of carbonyl (C=O) groups is 2. The van der Waals surface area contributed by atoms with Gasteiger partial charge in [0.25, 0.3) is 0 Å². The number of hydrogen-bond donors (Lipinski definition) is 0. The fourth-order valence-corrected chi connectivity index (χ4v) is 3.53. The number of anilines is 2. The summed E-state index contributed by atoms with van der Waals surface area (Å²) >= 11 is 0. The van der Waals surface area contributed by atoms with E-state index in [0.717, 1.165) is 28.6 Å². The van der Waals surface area contributed by atoms with Crippen molar-refractivity contribution in [2.24, 2.45) is 7.05 Å². The highest BCUT2D eigenvalue weighted by Gasteiger charge is 2.15. The summed E-state index contributed by atoms with van der Waals surface area (Å²) in [6.07, 6.45) is 4.33. The maximum absolute atomic E-state index is 12.0. The number of para-hydroxylation sites is 1. The SMILES string of the molecule is CCOC(=O)Cc1nn(Cc2ccc(N(C=O)c3cnn(C)c3)cc2)c2ccccc12. The molecule has 0 aliphatic carbocycles. The van der Waals surface area contributed by atoms with Crippen LogP contribution in [0.25, 0.3) is 10.9 Å². The van der Waals surface area contributed by atoms with Gasteiger partial charge in [0.15, 0.2) is 0 Å². The van der Waals surface area contributed by atoms with Gasteiger partial charge in [0.2, 0.25) is 6.41 Å². The zero-order chi connectivity index (χ0) is 21.8. The highest BCUT2D eigenvalue weighted by atomic mass is 16.5. The highest BCUT2D eigenvalue weighted by Crippen LogP contribution is 2.25. The molecule has 2 aromatic heterocycles. The Morgan fingerprint density at radius 1 is 1.13 bits per heavy atom. The smallest absolute Gasteiger partial charge is 0.311 e. The zero-order valence-corrected chi connectivity index (χ0v) is 17.4. The van der Waals surface area contributed by atoms with Crippen LogP contribution in [0.1, 0.15) is 18.2 Å². The predicted molar refractivity (Wildman–Crippen MR) is 117 cm³/mol. The van der Waals surface area contributed by atoms with Gasteiger partial charge in [0, 0.05) is 24.3 Å². The van der Waals surface area contributed by atoms with Gasteiger partial charge in [0.05, 0.1) is 42.7 Å². The summed E-state index contributed by atoms with van der Waals surface area (Å²) in [5.74, 6) is -0.286. The van der Waals surface area contributed by atoms with E-state index in [0.29, 0.717) is 24.5 Å². The van der Waals surface area contributed by atoms with E-state index in [4.69, 9.17) is 4.74 Å². The molecule has 0 unspecified atom stereocenters. The molecule has 0 saturated carbocycles. The van der Waals surface area contributed by atoms with Crippen molar-refractivity contribution in [3.05, 3.63) is 72.2 Å². The second-order valence-electron chi connectivity index (χ2n) is 7.12. The Kier molecular flexibility index (Phi) is 5.79. The number of rotatable bonds is 8. The van der Waals surface area contributed by atoms with Gasteiger partial charge in [-0.2, -0.15) is 10.2 Å². The quantitative estimate of drug-likeness (QED) is 0.325. The molecule has 4 aromatic rings. The molecule has 4 rings (SSSR count). The first-order valence-corrected chi connectivity index (χ1v) is 10.0. The first kappa shape index (κ1) is 20.3. The van der Waals surface area contributed by atoms with Crippen molar-refractivity contribution < 1.29 is 14.3 Å². The average molecular weight is 417 g/mol. The van der Waals surface area contributed by atoms with Crippen LogP contribution in [0.4, 0.5) is 11.4 Å². The second-order valence-corrected chi connectivity index (χ2v) is 7.12. The third kappa shape index (κ3) is 4.32. The van der Waals surface area contributed by atoms with Crippen LogP contribution in [0.15, 0.2) is 60.9 Å². The largest absolute Gasteiger partial charge is 0.466 e. The number of benzene rings is 2. The Balaban J connectivity index is 1.58. The maximum atomic E-state index is 12.0. The Morgan fingerprint density at radius 3 is 2.58 bits per heavy atom. The normalized spacial score (nSPS) is 10.9. The van der Waals surface area contributed by atoms with Crippen LogP contribution in [0.3, 0.4) is 0 Å². The lowest BCUT2D eigenvalue weighted by Gasteiger charge is -2.15. The molecule has 8 nitrogen and oxygen atoms in total. The summed E-state index contributed by atoms with van der Waals surface area (Å²) in [4.78, 5) is 25.1. The monoisotopic (exact) mass is 417 g/mol. The van der Waals surface area contributed by atoms with Gasteiger partial charge >= 0.3 is 5.97 Å². The molecule has 2 aromatic carbocycles. The van der Waals surface area contributed by atoms with Gasteiger partial charge in [0.1, 0.15) is 0 Å². The second kappa shape index (κ2) is 8.83. The summed E-state index contributed by atoms with van der Waals surface area (Å²) in [5, 5.41) is 9.73. The molecule has 0 N–H and O–H groups in total. The van der Waals surface area contributed by atoms with Crippen molar-refractivity contribution >= 4 is 34.7 Å². The van der Waals surface area contributed by atoms with E-state index in [2.05, 4.69) is 10.2 Å². The van der Waals surface area contributed by atoms with Crippen molar-refractivity contribution in [1.82, 2.24) is 19.6 Å². The number of esters is 1. The Labute approximate surface area is 179 Å². The molecular formula is C23H23N5O3. The maximum Gasteiger partial charge on any atom is 0.311 e. The highest BCUT2D eigenvalue weighted by molar-refractivity contribution is 5.87. The lowest BCUT2D eigenvalue weighted by Crippen LogP contribution is -2.13. The zero-order valence-electron chi connectivity index (χ0n) is 17.4. The standard InChI is InChI=1S/C23H23N5O3/c1-3-31-23(30)12-21-20-6-4-5-7-22(20)28(25-21)14-17-8-10-18(11-9-17)27(16-29)19-13-24-26(2)15-19/h4-11,13,15-16H,3,12,14H2,1-2H3. The molecule has 0 aliphatic rings. The van der Waals surface area contributed by atoms with E-state index in [1.54, 1.807) is 31.0 Å². The average Bonchev–Trinajstić information content (AvgIpc) is 3.34. The minimum Gasteiger partial charge on any atom is -0.466 e. The van der Waals surface area contributed by atoms with E-state index in [9.17, 15) is 9.59 Å². The van der Waals surface area contributed by atoms with Crippen molar-refractivity contribution in [2.45, 2.75) is 19.9 Å². The van der Waals surface area contributed by atoms with Gasteiger partial charge < -0.3 is 4.74 Å². The molecule has 31 heavy (non-hydrogen) atoms. The van der Waals surface area contributed by atoms with Crippen LogP contribution in [0, 0.1) is 0 Å². The Morgan fingerprint density at radius 2 is 1.90 bits per heavy atom. The molecular weight excluding hydrogens is 394 g/mol. The number of hydrogen-bond acceptors (Lipinski definition) is 5. The molecule has 0 bridgehead atoms. The molecule has 0 aliphatic heterocycles. The van der Waals surface area contributed by atoms with Gasteiger partial charge in [-0.15, -0.1) is 0 Å². The van der Waals surface area contributed by atoms with Gasteiger partial charge in [-0.3, -0.25) is 23.9 Å². The van der Waals surface area contributed by atoms with E-state index in [-0.39, 0.29) is 12.4 Å². The number of fused-ring (bicyclic) bond motifs is 1. The summed E-state index contributed by atoms with van der Waals surface area (Å²) in [7, 11) is 1.81. The van der Waals surface area contributed by atoms with Gasteiger partial charge in [-0.1, -0.05) is 30.3 Å². The minimum absolute atomic E-state index is 0.139. The lowest BCUT2D eigenvalue weighted by molar-refractivity contribution is -0.142. The molecule has 0 fully saturated rings. The van der Waals surface area contributed by atoms with Crippen molar-refractivity contribution in [3.8, 4) is 0 Å². The van der Waals surface area contributed by atoms with Crippen LogP contribution >= 0.6 is 0 Å². The Hall–Kier alpha value is -3.94. The lowest BCUT2D eigenvalue weighted by atomic mass is 10.1.